The third kappa shape index (κ3) is 6.70. The zero-order chi connectivity index (χ0) is 24.7. The van der Waals surface area contributed by atoms with Crippen LogP contribution >= 0.6 is 23.2 Å². The van der Waals surface area contributed by atoms with Crippen molar-refractivity contribution in [3.8, 4) is 0 Å². The molecule has 0 saturated heterocycles. The molecule has 0 unspecified atom stereocenters. The van der Waals surface area contributed by atoms with E-state index in [-0.39, 0.29) is 36.5 Å². The maximum absolute atomic E-state index is 13.5. The molecule has 0 spiro atoms. The number of hydrogen-bond donors (Lipinski definition) is 1. The lowest BCUT2D eigenvalue weighted by atomic mass is 9.95. The number of nitro benzene ring substituents is 1. The zero-order valence-corrected chi connectivity index (χ0v) is 20.6. The quantitative estimate of drug-likeness (QED) is 0.349. The van der Waals surface area contributed by atoms with Gasteiger partial charge in [-0.2, -0.15) is 0 Å². The zero-order valence-electron chi connectivity index (χ0n) is 19.1. The van der Waals surface area contributed by atoms with Gasteiger partial charge in [0.1, 0.15) is 6.04 Å². The summed E-state index contributed by atoms with van der Waals surface area (Å²) in [6, 6.07) is 10.5. The Balaban J connectivity index is 1.89. The minimum absolute atomic E-state index is 0.0893. The predicted molar refractivity (Wildman–Crippen MR) is 133 cm³/mol. The van der Waals surface area contributed by atoms with Gasteiger partial charge in [-0.1, -0.05) is 73.7 Å². The second kappa shape index (κ2) is 12.2. The number of hydrogen-bond acceptors (Lipinski definition) is 4. The molecule has 0 bridgehead atoms. The van der Waals surface area contributed by atoms with Crippen LogP contribution in [0, 0.1) is 10.1 Å². The standard InChI is InChI=1S/C25H29Cl2N3O4/c1-2-22(25(32)28-20-9-4-3-5-10-20)29(16-18-12-13-19(26)15-21(18)27)24(31)14-17-8-6-7-11-23(17)30(33)34/h6-8,11-13,15,20,22H,2-5,9-10,14,16H2,1H3,(H,28,32)/t22-/m0/s1. The van der Waals surface area contributed by atoms with Crippen molar-refractivity contribution in [3.05, 3.63) is 73.8 Å². The van der Waals surface area contributed by atoms with Crippen molar-refractivity contribution in [2.75, 3.05) is 0 Å². The highest BCUT2D eigenvalue weighted by molar-refractivity contribution is 6.35. The summed E-state index contributed by atoms with van der Waals surface area (Å²) in [6.07, 6.45) is 5.36. The van der Waals surface area contributed by atoms with E-state index in [9.17, 15) is 19.7 Å². The van der Waals surface area contributed by atoms with E-state index in [1.807, 2.05) is 6.92 Å². The number of carbonyl (C=O) groups is 2. The van der Waals surface area contributed by atoms with Gasteiger partial charge in [0, 0.05) is 34.3 Å². The fraction of sp³-hybridized carbons (Fsp3) is 0.440. The molecule has 0 aromatic heterocycles. The van der Waals surface area contributed by atoms with Gasteiger partial charge in [-0.05, 0) is 37.0 Å². The fourth-order valence-electron chi connectivity index (χ4n) is 4.40. The number of nitrogens with zero attached hydrogens (tertiary/aromatic N) is 2. The van der Waals surface area contributed by atoms with Gasteiger partial charge in [0.25, 0.3) is 5.69 Å². The molecule has 1 saturated carbocycles. The molecule has 182 valence electrons. The number of para-hydroxylation sites is 1. The van der Waals surface area contributed by atoms with Crippen molar-refractivity contribution >= 4 is 40.7 Å². The average molecular weight is 506 g/mol. The molecule has 1 atom stereocenters. The molecule has 0 radical (unpaired) electrons. The maximum atomic E-state index is 13.5. The smallest absolute Gasteiger partial charge is 0.273 e. The van der Waals surface area contributed by atoms with Crippen LogP contribution in [0.2, 0.25) is 10.0 Å². The van der Waals surface area contributed by atoms with Crippen LogP contribution in [-0.2, 0) is 22.6 Å². The Bertz CT molecular complexity index is 1040. The average Bonchev–Trinajstić information content (AvgIpc) is 2.81. The van der Waals surface area contributed by atoms with Crippen LogP contribution in [0.25, 0.3) is 0 Å². The lowest BCUT2D eigenvalue weighted by molar-refractivity contribution is -0.385. The lowest BCUT2D eigenvalue weighted by Crippen LogP contribution is -2.52. The highest BCUT2D eigenvalue weighted by atomic mass is 35.5. The highest BCUT2D eigenvalue weighted by Gasteiger charge is 2.31. The number of rotatable bonds is 9. The van der Waals surface area contributed by atoms with E-state index in [2.05, 4.69) is 5.32 Å². The van der Waals surface area contributed by atoms with E-state index in [1.54, 1.807) is 36.4 Å². The van der Waals surface area contributed by atoms with Crippen molar-refractivity contribution in [3.63, 3.8) is 0 Å². The molecular weight excluding hydrogens is 477 g/mol. The molecule has 2 aromatic carbocycles. The van der Waals surface area contributed by atoms with Crippen molar-refractivity contribution in [2.24, 2.45) is 0 Å². The van der Waals surface area contributed by atoms with E-state index in [0.29, 0.717) is 27.6 Å². The molecule has 1 fully saturated rings. The summed E-state index contributed by atoms with van der Waals surface area (Å²) in [6.45, 7) is 1.94. The van der Waals surface area contributed by atoms with Crippen LogP contribution in [0.4, 0.5) is 5.69 Å². The van der Waals surface area contributed by atoms with Crippen LogP contribution in [0.5, 0.6) is 0 Å². The third-order valence-corrected chi connectivity index (χ3v) is 6.81. The summed E-state index contributed by atoms with van der Waals surface area (Å²) in [5, 5.41) is 15.4. The maximum Gasteiger partial charge on any atom is 0.273 e. The van der Waals surface area contributed by atoms with Crippen LogP contribution in [-0.4, -0.2) is 33.7 Å². The summed E-state index contributed by atoms with van der Waals surface area (Å²) in [5.74, 6) is -0.596. The molecule has 1 N–H and O–H groups in total. The van der Waals surface area contributed by atoms with Gasteiger partial charge in [-0.25, -0.2) is 0 Å². The minimum atomic E-state index is -0.732. The lowest BCUT2D eigenvalue weighted by Gasteiger charge is -2.33. The second-order valence-corrected chi connectivity index (χ2v) is 9.43. The Morgan fingerprint density at radius 2 is 1.82 bits per heavy atom. The molecule has 2 amide bonds. The summed E-state index contributed by atoms with van der Waals surface area (Å²) < 4.78 is 0. The molecule has 1 aliphatic rings. The number of benzene rings is 2. The van der Waals surface area contributed by atoms with Gasteiger partial charge in [-0.3, -0.25) is 19.7 Å². The first-order valence-electron chi connectivity index (χ1n) is 11.6. The van der Waals surface area contributed by atoms with Crippen molar-refractivity contribution in [1.29, 1.82) is 0 Å². The Morgan fingerprint density at radius 3 is 2.47 bits per heavy atom. The van der Waals surface area contributed by atoms with Crippen molar-refractivity contribution in [1.82, 2.24) is 10.2 Å². The van der Waals surface area contributed by atoms with Crippen LogP contribution in [0.1, 0.15) is 56.6 Å². The highest BCUT2D eigenvalue weighted by Crippen LogP contribution is 2.26. The summed E-state index contributed by atoms with van der Waals surface area (Å²) in [5.41, 5.74) is 0.818. The largest absolute Gasteiger partial charge is 0.352 e. The molecular formula is C25H29Cl2N3O4. The Labute approximate surface area is 209 Å². The van der Waals surface area contributed by atoms with Crippen molar-refractivity contribution in [2.45, 2.75) is 70.5 Å². The fourth-order valence-corrected chi connectivity index (χ4v) is 4.87. The van der Waals surface area contributed by atoms with Gasteiger partial charge in [0.15, 0.2) is 0 Å². The first kappa shape index (κ1) is 26.0. The van der Waals surface area contributed by atoms with Crippen LogP contribution < -0.4 is 5.32 Å². The summed E-state index contributed by atoms with van der Waals surface area (Å²) in [4.78, 5) is 39.2. The SMILES string of the molecule is CC[C@@H](C(=O)NC1CCCCC1)N(Cc1ccc(Cl)cc1Cl)C(=O)Cc1ccccc1[N+](=O)[O-]. The van der Waals surface area contributed by atoms with E-state index in [4.69, 9.17) is 23.2 Å². The number of halogens is 2. The second-order valence-electron chi connectivity index (χ2n) is 8.59. The van der Waals surface area contributed by atoms with Crippen LogP contribution in [0.15, 0.2) is 42.5 Å². The first-order valence-corrected chi connectivity index (χ1v) is 12.3. The molecule has 1 aliphatic carbocycles. The minimum Gasteiger partial charge on any atom is -0.352 e. The van der Waals surface area contributed by atoms with Crippen molar-refractivity contribution < 1.29 is 14.5 Å². The number of amides is 2. The topological polar surface area (TPSA) is 92.6 Å². The summed E-state index contributed by atoms with van der Waals surface area (Å²) in [7, 11) is 0. The van der Waals surface area contributed by atoms with Crippen LogP contribution in [0.3, 0.4) is 0 Å². The summed E-state index contributed by atoms with van der Waals surface area (Å²) >= 11 is 12.4. The van der Waals surface area contributed by atoms with Gasteiger partial charge < -0.3 is 10.2 Å². The normalized spacial score (nSPS) is 14.9. The molecule has 34 heavy (non-hydrogen) atoms. The monoisotopic (exact) mass is 505 g/mol. The van der Waals surface area contributed by atoms with Gasteiger partial charge in [0.2, 0.25) is 11.8 Å². The first-order chi connectivity index (χ1) is 16.3. The molecule has 3 rings (SSSR count). The van der Waals surface area contributed by atoms with E-state index in [0.717, 1.165) is 25.7 Å². The van der Waals surface area contributed by atoms with Gasteiger partial charge in [-0.15, -0.1) is 0 Å². The molecule has 7 nitrogen and oxygen atoms in total. The number of nitro groups is 1. The van der Waals surface area contributed by atoms with E-state index < -0.39 is 11.0 Å². The Morgan fingerprint density at radius 1 is 1.12 bits per heavy atom. The van der Waals surface area contributed by atoms with E-state index >= 15 is 0 Å². The number of carbonyl (C=O) groups excluding carboxylic acids is 2. The number of nitrogens with one attached hydrogen (secondary N) is 1. The van der Waals surface area contributed by atoms with E-state index in [1.165, 1.54) is 17.4 Å². The van der Waals surface area contributed by atoms with Gasteiger partial charge >= 0.3 is 0 Å². The predicted octanol–water partition coefficient (Wildman–Crippen LogP) is 5.70. The molecule has 2 aromatic rings. The Kier molecular flexibility index (Phi) is 9.30. The molecule has 9 heteroatoms. The Hall–Kier alpha value is -2.64. The third-order valence-electron chi connectivity index (χ3n) is 6.22. The van der Waals surface area contributed by atoms with Gasteiger partial charge in [0.05, 0.1) is 11.3 Å². The molecule has 0 heterocycles. The molecule has 0 aliphatic heterocycles.